The molecule has 1 aromatic rings. The van der Waals surface area contributed by atoms with E-state index in [4.69, 9.17) is 9.47 Å². The van der Waals surface area contributed by atoms with Crippen molar-refractivity contribution in [2.45, 2.75) is 46.3 Å². The van der Waals surface area contributed by atoms with Gasteiger partial charge < -0.3 is 19.9 Å². The topological polar surface area (TPSA) is 50.7 Å². The Balaban J connectivity index is 2.17. The molecule has 0 aromatic heterocycles. The number of rotatable bonds is 6. The monoisotopic (exact) mass is 279 g/mol. The third kappa shape index (κ3) is 2.85. The van der Waals surface area contributed by atoms with Crippen molar-refractivity contribution in [2.24, 2.45) is 5.41 Å². The molecule has 1 aromatic carbocycles. The van der Waals surface area contributed by atoms with Crippen LogP contribution in [0.15, 0.2) is 18.2 Å². The zero-order valence-electron chi connectivity index (χ0n) is 12.8. The lowest BCUT2D eigenvalue weighted by Crippen LogP contribution is -2.56. The predicted octanol–water partition coefficient (Wildman–Crippen LogP) is 3.06. The molecular formula is C16H25NO3. The van der Waals surface area contributed by atoms with Crippen molar-refractivity contribution >= 4 is 5.69 Å². The van der Waals surface area contributed by atoms with Gasteiger partial charge in [0.25, 0.3) is 0 Å². The van der Waals surface area contributed by atoms with Crippen LogP contribution in [0.25, 0.3) is 0 Å². The number of anilines is 1. The van der Waals surface area contributed by atoms with Crippen molar-refractivity contribution in [1.82, 2.24) is 0 Å². The van der Waals surface area contributed by atoms with Crippen LogP contribution in [0, 0.1) is 5.41 Å². The Bertz CT molecular complexity index is 459. The van der Waals surface area contributed by atoms with Gasteiger partial charge in [0.2, 0.25) is 0 Å². The molecule has 1 fully saturated rings. The summed E-state index contributed by atoms with van der Waals surface area (Å²) in [5.41, 5.74) is 0.813. The number of hydrogen-bond donors (Lipinski definition) is 2. The molecule has 1 aliphatic carbocycles. The van der Waals surface area contributed by atoms with Crippen molar-refractivity contribution in [3.05, 3.63) is 18.2 Å². The summed E-state index contributed by atoms with van der Waals surface area (Å²) >= 11 is 0. The van der Waals surface area contributed by atoms with E-state index in [9.17, 15) is 5.11 Å². The summed E-state index contributed by atoms with van der Waals surface area (Å²) in [5, 5.41) is 13.3. The summed E-state index contributed by atoms with van der Waals surface area (Å²) in [6.07, 6.45) is 0.517. The smallest absolute Gasteiger partial charge is 0.142 e. The normalized spacial score (nSPS) is 23.9. The fraction of sp³-hybridized carbons (Fsp3) is 0.625. The lowest BCUT2D eigenvalue weighted by molar-refractivity contribution is -0.0511. The Morgan fingerprint density at radius 3 is 2.50 bits per heavy atom. The fourth-order valence-corrected chi connectivity index (χ4v) is 2.49. The van der Waals surface area contributed by atoms with Crippen LogP contribution in [0.4, 0.5) is 5.69 Å². The second-order valence-corrected chi connectivity index (χ2v) is 5.79. The molecule has 0 aliphatic heterocycles. The third-order valence-electron chi connectivity index (χ3n) is 4.11. The van der Waals surface area contributed by atoms with E-state index in [2.05, 4.69) is 19.2 Å². The van der Waals surface area contributed by atoms with Crippen molar-refractivity contribution in [1.29, 1.82) is 0 Å². The van der Waals surface area contributed by atoms with Gasteiger partial charge in [-0.25, -0.2) is 0 Å². The molecule has 2 rings (SSSR count). The molecule has 0 radical (unpaired) electrons. The van der Waals surface area contributed by atoms with E-state index in [0.29, 0.717) is 13.2 Å². The number of aliphatic hydroxyl groups excluding tert-OH is 1. The van der Waals surface area contributed by atoms with E-state index in [0.717, 1.165) is 23.6 Å². The number of ether oxygens (including phenoxy) is 2. The van der Waals surface area contributed by atoms with Crippen LogP contribution < -0.4 is 14.8 Å². The van der Waals surface area contributed by atoms with E-state index >= 15 is 0 Å². The lowest BCUT2D eigenvalue weighted by Gasteiger charge is -2.50. The van der Waals surface area contributed by atoms with Crippen LogP contribution in [0.2, 0.25) is 0 Å². The maximum Gasteiger partial charge on any atom is 0.142 e. The number of hydrogen-bond acceptors (Lipinski definition) is 4. The Morgan fingerprint density at radius 2 is 1.95 bits per heavy atom. The third-order valence-corrected chi connectivity index (χ3v) is 4.11. The van der Waals surface area contributed by atoms with E-state index < -0.39 is 0 Å². The van der Waals surface area contributed by atoms with Crippen LogP contribution in [-0.2, 0) is 0 Å². The average molecular weight is 279 g/mol. The Kier molecular flexibility index (Phi) is 4.43. The quantitative estimate of drug-likeness (QED) is 0.840. The van der Waals surface area contributed by atoms with Gasteiger partial charge in [0.05, 0.1) is 25.0 Å². The van der Waals surface area contributed by atoms with Crippen molar-refractivity contribution in [3.63, 3.8) is 0 Å². The average Bonchev–Trinajstić information content (AvgIpc) is 2.42. The Labute approximate surface area is 121 Å². The standard InChI is InChI=1S/C16H25NO3/c1-5-19-11-7-8-13(20-6-2)12(9-11)17-14-10-15(18)16(14,3)4/h7-9,14-15,17-18H,5-6,10H2,1-4H3. The minimum Gasteiger partial charge on any atom is -0.494 e. The van der Waals surface area contributed by atoms with Gasteiger partial charge in [-0.3, -0.25) is 0 Å². The molecule has 1 aliphatic rings. The first-order valence-electron chi connectivity index (χ1n) is 7.33. The van der Waals surface area contributed by atoms with E-state index in [1.807, 2.05) is 32.0 Å². The van der Waals surface area contributed by atoms with Crippen LogP contribution in [-0.4, -0.2) is 30.5 Å². The van der Waals surface area contributed by atoms with Gasteiger partial charge in [0.1, 0.15) is 11.5 Å². The molecule has 4 heteroatoms. The first kappa shape index (κ1) is 15.0. The Hall–Kier alpha value is -1.42. The highest BCUT2D eigenvalue weighted by Crippen LogP contribution is 2.43. The summed E-state index contributed by atoms with van der Waals surface area (Å²) in [5.74, 6) is 1.66. The van der Waals surface area contributed by atoms with E-state index in [-0.39, 0.29) is 17.6 Å². The minimum absolute atomic E-state index is 0.120. The molecule has 2 unspecified atom stereocenters. The summed E-state index contributed by atoms with van der Waals surface area (Å²) in [6, 6.07) is 6.06. The van der Waals surface area contributed by atoms with Gasteiger partial charge in [-0.05, 0) is 32.4 Å². The number of nitrogens with one attached hydrogen (secondary N) is 1. The zero-order valence-corrected chi connectivity index (χ0v) is 12.8. The van der Waals surface area contributed by atoms with Gasteiger partial charge in [-0.15, -0.1) is 0 Å². The van der Waals surface area contributed by atoms with Gasteiger partial charge in [0, 0.05) is 17.5 Å². The summed E-state index contributed by atoms with van der Waals surface area (Å²) < 4.78 is 11.2. The van der Waals surface area contributed by atoms with E-state index in [1.54, 1.807) is 0 Å². The molecule has 4 nitrogen and oxygen atoms in total. The zero-order chi connectivity index (χ0) is 14.8. The maximum absolute atomic E-state index is 9.84. The largest absolute Gasteiger partial charge is 0.494 e. The molecule has 0 heterocycles. The van der Waals surface area contributed by atoms with Gasteiger partial charge in [-0.1, -0.05) is 13.8 Å². The van der Waals surface area contributed by atoms with Crippen molar-refractivity contribution in [3.8, 4) is 11.5 Å². The fourth-order valence-electron chi connectivity index (χ4n) is 2.49. The SMILES string of the molecule is CCOc1ccc(OCC)c(NC2CC(O)C2(C)C)c1. The second-order valence-electron chi connectivity index (χ2n) is 5.79. The first-order valence-corrected chi connectivity index (χ1v) is 7.33. The van der Waals surface area contributed by atoms with Crippen LogP contribution in [0.5, 0.6) is 11.5 Å². The number of aliphatic hydroxyl groups is 1. The first-order chi connectivity index (χ1) is 9.48. The molecule has 2 atom stereocenters. The van der Waals surface area contributed by atoms with Crippen molar-refractivity contribution in [2.75, 3.05) is 18.5 Å². The molecule has 112 valence electrons. The highest BCUT2D eigenvalue weighted by Gasteiger charge is 2.47. The molecule has 0 saturated heterocycles. The van der Waals surface area contributed by atoms with Gasteiger partial charge in [0.15, 0.2) is 0 Å². The van der Waals surface area contributed by atoms with Crippen LogP contribution in [0.1, 0.15) is 34.1 Å². The highest BCUT2D eigenvalue weighted by molar-refractivity contribution is 5.61. The molecule has 20 heavy (non-hydrogen) atoms. The Morgan fingerprint density at radius 1 is 1.25 bits per heavy atom. The summed E-state index contributed by atoms with van der Waals surface area (Å²) in [7, 11) is 0. The summed E-state index contributed by atoms with van der Waals surface area (Å²) in [6.45, 7) is 9.35. The molecule has 1 saturated carbocycles. The predicted molar refractivity (Wildman–Crippen MR) is 80.6 cm³/mol. The van der Waals surface area contributed by atoms with Crippen LogP contribution >= 0.6 is 0 Å². The van der Waals surface area contributed by atoms with E-state index in [1.165, 1.54) is 0 Å². The molecular weight excluding hydrogens is 254 g/mol. The molecule has 0 amide bonds. The van der Waals surface area contributed by atoms with Crippen LogP contribution in [0.3, 0.4) is 0 Å². The maximum atomic E-state index is 9.84. The molecule has 0 spiro atoms. The second kappa shape index (κ2) is 5.92. The van der Waals surface area contributed by atoms with Gasteiger partial charge >= 0.3 is 0 Å². The lowest BCUT2D eigenvalue weighted by atomic mass is 9.64. The van der Waals surface area contributed by atoms with Crippen molar-refractivity contribution < 1.29 is 14.6 Å². The minimum atomic E-state index is -0.245. The number of benzene rings is 1. The summed E-state index contributed by atoms with van der Waals surface area (Å²) in [4.78, 5) is 0. The molecule has 2 N–H and O–H groups in total. The highest BCUT2D eigenvalue weighted by atomic mass is 16.5. The van der Waals surface area contributed by atoms with Gasteiger partial charge in [-0.2, -0.15) is 0 Å². The molecule has 0 bridgehead atoms.